The van der Waals surface area contributed by atoms with Crippen LogP contribution in [0.1, 0.15) is 35.3 Å². The van der Waals surface area contributed by atoms with E-state index in [0.717, 1.165) is 16.8 Å². The van der Waals surface area contributed by atoms with Crippen LogP contribution >= 0.6 is 0 Å². The number of nitrogens with zero attached hydrogens (tertiary/aromatic N) is 3. The van der Waals surface area contributed by atoms with E-state index in [2.05, 4.69) is 15.7 Å². The summed E-state index contributed by atoms with van der Waals surface area (Å²) in [6.07, 6.45) is 3.60. The molecule has 0 aliphatic heterocycles. The lowest BCUT2D eigenvalue weighted by Gasteiger charge is -2.18. The van der Waals surface area contributed by atoms with Gasteiger partial charge < -0.3 is 15.5 Å². The van der Waals surface area contributed by atoms with E-state index in [0.29, 0.717) is 31.7 Å². The standard InChI is InChI=1S/C23H27N5O2/c1-3-27(4-2)22(29)20-11-9-18(10-12-20)16-24-23(30)25-17-19-7-5-8-21(15-19)28-14-6-13-26-28/h5-15H,3-4,16-17H2,1-2H3,(H2,24,25,30). The molecule has 0 unspecified atom stereocenters. The highest BCUT2D eigenvalue weighted by molar-refractivity contribution is 5.94. The van der Waals surface area contributed by atoms with Crippen molar-refractivity contribution in [1.82, 2.24) is 25.3 Å². The van der Waals surface area contributed by atoms with E-state index in [1.54, 1.807) is 27.9 Å². The maximum atomic E-state index is 12.3. The topological polar surface area (TPSA) is 79.3 Å². The number of nitrogens with one attached hydrogen (secondary N) is 2. The van der Waals surface area contributed by atoms with Gasteiger partial charge in [-0.05, 0) is 55.3 Å². The predicted molar refractivity (Wildman–Crippen MR) is 116 cm³/mol. The molecule has 7 heteroatoms. The lowest BCUT2D eigenvalue weighted by atomic mass is 10.1. The van der Waals surface area contributed by atoms with Crippen LogP contribution in [0.15, 0.2) is 67.0 Å². The van der Waals surface area contributed by atoms with E-state index >= 15 is 0 Å². The van der Waals surface area contributed by atoms with E-state index in [1.807, 2.05) is 62.5 Å². The summed E-state index contributed by atoms with van der Waals surface area (Å²) in [6.45, 7) is 6.10. The van der Waals surface area contributed by atoms with Gasteiger partial charge in [-0.2, -0.15) is 5.10 Å². The zero-order chi connectivity index (χ0) is 21.3. The summed E-state index contributed by atoms with van der Waals surface area (Å²) in [7, 11) is 0. The van der Waals surface area contributed by atoms with E-state index in [-0.39, 0.29) is 11.9 Å². The largest absolute Gasteiger partial charge is 0.339 e. The second-order valence-electron chi connectivity index (χ2n) is 6.83. The van der Waals surface area contributed by atoms with Crippen LogP contribution in [0.3, 0.4) is 0 Å². The fraction of sp³-hybridized carbons (Fsp3) is 0.261. The second-order valence-corrected chi connectivity index (χ2v) is 6.83. The van der Waals surface area contributed by atoms with Crippen molar-refractivity contribution in [3.05, 3.63) is 83.7 Å². The molecule has 3 amide bonds. The normalized spacial score (nSPS) is 10.5. The third-order valence-electron chi connectivity index (χ3n) is 4.84. The van der Waals surface area contributed by atoms with E-state index < -0.39 is 0 Å². The van der Waals surface area contributed by atoms with Crippen LogP contribution in [0.25, 0.3) is 5.69 Å². The van der Waals surface area contributed by atoms with Crippen molar-refractivity contribution >= 4 is 11.9 Å². The monoisotopic (exact) mass is 405 g/mol. The van der Waals surface area contributed by atoms with Crippen molar-refractivity contribution in [3.63, 3.8) is 0 Å². The maximum Gasteiger partial charge on any atom is 0.315 e. The number of carbonyl (C=O) groups is 2. The summed E-state index contributed by atoms with van der Waals surface area (Å²) in [5.74, 6) is 0.0228. The molecule has 156 valence electrons. The van der Waals surface area contributed by atoms with Crippen LogP contribution in [-0.2, 0) is 13.1 Å². The third kappa shape index (κ3) is 5.47. The quantitative estimate of drug-likeness (QED) is 0.603. The van der Waals surface area contributed by atoms with Crippen molar-refractivity contribution in [1.29, 1.82) is 0 Å². The lowest BCUT2D eigenvalue weighted by molar-refractivity contribution is 0.0773. The molecule has 0 saturated heterocycles. The first-order valence-electron chi connectivity index (χ1n) is 10.1. The predicted octanol–water partition coefficient (Wildman–Crippen LogP) is 3.35. The van der Waals surface area contributed by atoms with Crippen LogP contribution in [0.5, 0.6) is 0 Å². The van der Waals surface area contributed by atoms with Gasteiger partial charge in [0.25, 0.3) is 5.91 Å². The molecular weight excluding hydrogens is 378 g/mol. The molecule has 1 heterocycles. The second kappa shape index (κ2) is 10.2. The van der Waals surface area contributed by atoms with Gasteiger partial charge in [-0.3, -0.25) is 4.79 Å². The molecule has 0 aliphatic rings. The first-order chi connectivity index (χ1) is 14.6. The highest BCUT2D eigenvalue weighted by Crippen LogP contribution is 2.10. The summed E-state index contributed by atoms with van der Waals surface area (Å²) in [4.78, 5) is 26.3. The van der Waals surface area contributed by atoms with Gasteiger partial charge in [-0.15, -0.1) is 0 Å². The van der Waals surface area contributed by atoms with Crippen molar-refractivity contribution in [3.8, 4) is 5.69 Å². The van der Waals surface area contributed by atoms with E-state index in [1.165, 1.54) is 0 Å². The SMILES string of the molecule is CCN(CC)C(=O)c1ccc(CNC(=O)NCc2cccc(-n3cccn3)c2)cc1. The Morgan fingerprint density at radius 1 is 0.933 bits per heavy atom. The Balaban J connectivity index is 1.48. The molecule has 0 saturated carbocycles. The molecule has 3 rings (SSSR count). The number of hydrogen-bond donors (Lipinski definition) is 2. The summed E-state index contributed by atoms with van der Waals surface area (Å²) in [5, 5.41) is 9.92. The van der Waals surface area contributed by atoms with Crippen molar-refractivity contribution in [2.75, 3.05) is 13.1 Å². The van der Waals surface area contributed by atoms with Gasteiger partial charge in [0, 0.05) is 44.1 Å². The van der Waals surface area contributed by atoms with Gasteiger partial charge in [-0.25, -0.2) is 9.48 Å². The average Bonchev–Trinajstić information content (AvgIpc) is 3.33. The Morgan fingerprint density at radius 3 is 2.27 bits per heavy atom. The van der Waals surface area contributed by atoms with E-state index in [9.17, 15) is 9.59 Å². The molecule has 0 spiro atoms. The molecular formula is C23H27N5O2. The van der Waals surface area contributed by atoms with Gasteiger partial charge in [0.05, 0.1) is 5.69 Å². The number of rotatable bonds is 8. The van der Waals surface area contributed by atoms with Crippen molar-refractivity contribution in [2.45, 2.75) is 26.9 Å². The summed E-state index contributed by atoms with van der Waals surface area (Å²) >= 11 is 0. The Labute approximate surface area is 176 Å². The molecule has 0 aliphatic carbocycles. The number of amides is 3. The van der Waals surface area contributed by atoms with Gasteiger partial charge in [0.2, 0.25) is 0 Å². The molecule has 30 heavy (non-hydrogen) atoms. The first kappa shape index (κ1) is 21.1. The number of carbonyl (C=O) groups excluding carboxylic acids is 2. The molecule has 1 aromatic heterocycles. The first-order valence-corrected chi connectivity index (χ1v) is 10.1. The zero-order valence-corrected chi connectivity index (χ0v) is 17.3. The maximum absolute atomic E-state index is 12.3. The fourth-order valence-corrected chi connectivity index (χ4v) is 3.12. The van der Waals surface area contributed by atoms with Gasteiger partial charge in [0.1, 0.15) is 0 Å². The van der Waals surface area contributed by atoms with Crippen molar-refractivity contribution < 1.29 is 9.59 Å². The average molecular weight is 406 g/mol. The number of aromatic nitrogens is 2. The van der Waals surface area contributed by atoms with E-state index in [4.69, 9.17) is 0 Å². The molecule has 2 aromatic carbocycles. The molecule has 0 bridgehead atoms. The molecule has 0 fully saturated rings. The van der Waals surface area contributed by atoms with Crippen molar-refractivity contribution in [2.24, 2.45) is 0 Å². The van der Waals surface area contributed by atoms with Crippen LogP contribution in [0.4, 0.5) is 4.79 Å². The summed E-state index contributed by atoms with van der Waals surface area (Å²) < 4.78 is 1.78. The molecule has 0 radical (unpaired) electrons. The lowest BCUT2D eigenvalue weighted by Crippen LogP contribution is -2.34. The minimum absolute atomic E-state index is 0.0228. The van der Waals surface area contributed by atoms with Crippen LogP contribution in [0.2, 0.25) is 0 Å². The highest BCUT2D eigenvalue weighted by Gasteiger charge is 2.12. The van der Waals surface area contributed by atoms with Crippen LogP contribution < -0.4 is 10.6 Å². The zero-order valence-electron chi connectivity index (χ0n) is 17.3. The van der Waals surface area contributed by atoms with Crippen LogP contribution in [-0.4, -0.2) is 39.7 Å². The molecule has 3 aromatic rings. The molecule has 2 N–H and O–H groups in total. The molecule has 7 nitrogen and oxygen atoms in total. The minimum atomic E-state index is -0.247. The van der Waals surface area contributed by atoms with Gasteiger partial charge >= 0.3 is 6.03 Å². The van der Waals surface area contributed by atoms with Gasteiger partial charge in [0.15, 0.2) is 0 Å². The Bertz CT molecular complexity index is 964. The number of benzene rings is 2. The van der Waals surface area contributed by atoms with Crippen LogP contribution in [0, 0.1) is 0 Å². The Kier molecular flexibility index (Phi) is 7.21. The highest BCUT2D eigenvalue weighted by atomic mass is 16.2. The summed E-state index contributed by atoms with van der Waals surface area (Å²) in [6, 6.07) is 16.8. The summed E-state index contributed by atoms with van der Waals surface area (Å²) in [5.41, 5.74) is 3.52. The smallest absolute Gasteiger partial charge is 0.315 e. The minimum Gasteiger partial charge on any atom is -0.339 e. The Morgan fingerprint density at radius 2 is 1.63 bits per heavy atom. The fourth-order valence-electron chi connectivity index (χ4n) is 3.12. The van der Waals surface area contributed by atoms with Gasteiger partial charge in [-0.1, -0.05) is 24.3 Å². The number of urea groups is 1. The molecule has 0 atom stereocenters. The Hall–Kier alpha value is -3.61. The number of hydrogen-bond acceptors (Lipinski definition) is 3. The third-order valence-corrected chi connectivity index (χ3v) is 4.84.